The van der Waals surface area contributed by atoms with Gasteiger partial charge in [0.05, 0.1) is 0 Å². The molecular formula is C8H20OSr. The Kier molecular flexibility index (Phi) is 18.3. The molecule has 0 unspecified atom stereocenters. The van der Waals surface area contributed by atoms with Gasteiger partial charge in [-0.25, -0.2) is 0 Å². The third kappa shape index (κ3) is 12.1. The number of hydrogen-bond donors (Lipinski definition) is 1. The smallest absolute Gasteiger partial charge is 1.00 e. The van der Waals surface area contributed by atoms with E-state index < -0.39 is 0 Å². The molecule has 0 saturated carbocycles. The Bertz CT molecular complexity index is 50.3. The zero-order valence-electron chi connectivity index (χ0n) is 9.10. The molecule has 0 radical (unpaired) electrons. The molecule has 0 heterocycles. The molecular weight excluding hydrogens is 200 g/mol. The first kappa shape index (κ1) is 14.0. The largest absolute Gasteiger partial charge is 2.00 e. The Morgan fingerprint density at radius 2 is 1.50 bits per heavy atom. The van der Waals surface area contributed by atoms with Gasteiger partial charge in [-0.15, -0.1) is 0 Å². The molecule has 0 aliphatic carbocycles. The standard InChI is InChI=1S/C8H18O.Sr.2H/c1-2-3-4-5-6-7-8-9;;;/h9H,2-8H2,1H3;;;/q;+2;2*-1. The van der Waals surface area contributed by atoms with Gasteiger partial charge in [0.2, 0.25) is 0 Å². The summed E-state index contributed by atoms with van der Waals surface area (Å²) in [7, 11) is 0. The predicted octanol–water partition coefficient (Wildman–Crippen LogP) is 2.18. The summed E-state index contributed by atoms with van der Waals surface area (Å²) in [4.78, 5) is 0. The van der Waals surface area contributed by atoms with Crippen molar-refractivity contribution in [2.45, 2.75) is 45.4 Å². The maximum absolute atomic E-state index is 8.42. The molecule has 0 aromatic rings. The van der Waals surface area contributed by atoms with E-state index >= 15 is 0 Å². The molecule has 2 heteroatoms. The first-order valence-electron chi connectivity index (χ1n) is 4.02. The van der Waals surface area contributed by atoms with Crippen molar-refractivity contribution < 1.29 is 7.96 Å². The van der Waals surface area contributed by atoms with Crippen LogP contribution in [-0.2, 0) is 0 Å². The minimum absolute atomic E-state index is 0. The van der Waals surface area contributed by atoms with Gasteiger partial charge in [-0.2, -0.15) is 0 Å². The summed E-state index contributed by atoms with van der Waals surface area (Å²) < 4.78 is 0. The monoisotopic (exact) mass is 220 g/mol. The molecule has 0 fully saturated rings. The second-order valence-corrected chi connectivity index (χ2v) is 2.49. The van der Waals surface area contributed by atoms with Crippen molar-refractivity contribution >= 4 is 45.5 Å². The summed E-state index contributed by atoms with van der Waals surface area (Å²) in [6.45, 7) is 2.58. The Balaban J connectivity index is -0.000000107. The Morgan fingerprint density at radius 3 is 2.00 bits per heavy atom. The fourth-order valence-electron chi connectivity index (χ4n) is 0.892. The number of aliphatic hydroxyl groups is 1. The maximum atomic E-state index is 8.42. The first-order valence-corrected chi connectivity index (χ1v) is 4.02. The molecule has 10 heavy (non-hydrogen) atoms. The zero-order chi connectivity index (χ0) is 6.95. The van der Waals surface area contributed by atoms with Crippen LogP contribution in [0.5, 0.6) is 0 Å². The Hall–Kier alpha value is 1.44. The maximum Gasteiger partial charge on any atom is 2.00 e. The molecule has 0 aliphatic rings. The van der Waals surface area contributed by atoms with Crippen molar-refractivity contribution in [1.82, 2.24) is 0 Å². The van der Waals surface area contributed by atoms with Crippen LogP contribution in [0.1, 0.15) is 48.3 Å². The molecule has 0 rings (SSSR count). The minimum atomic E-state index is 0. The van der Waals surface area contributed by atoms with Gasteiger partial charge in [-0.3, -0.25) is 0 Å². The molecule has 60 valence electrons. The van der Waals surface area contributed by atoms with Gasteiger partial charge in [0.25, 0.3) is 0 Å². The van der Waals surface area contributed by atoms with Gasteiger partial charge in [0, 0.05) is 6.61 Å². The van der Waals surface area contributed by atoms with Crippen LogP contribution in [-0.4, -0.2) is 57.2 Å². The first-order chi connectivity index (χ1) is 4.41. The van der Waals surface area contributed by atoms with E-state index in [1.165, 1.54) is 32.1 Å². The molecule has 0 amide bonds. The van der Waals surface area contributed by atoms with E-state index in [2.05, 4.69) is 6.92 Å². The van der Waals surface area contributed by atoms with Crippen LogP contribution >= 0.6 is 0 Å². The molecule has 1 nitrogen and oxygen atoms in total. The molecule has 0 spiro atoms. The average Bonchev–Trinajstić information content (AvgIpc) is 1.89. The molecule has 1 N–H and O–H groups in total. The minimum Gasteiger partial charge on any atom is -1.00 e. The van der Waals surface area contributed by atoms with Crippen LogP contribution in [0.25, 0.3) is 0 Å². The van der Waals surface area contributed by atoms with E-state index in [0.717, 1.165) is 6.42 Å². The molecule has 0 bridgehead atoms. The van der Waals surface area contributed by atoms with Crippen molar-refractivity contribution in [2.24, 2.45) is 0 Å². The van der Waals surface area contributed by atoms with E-state index in [1.807, 2.05) is 0 Å². The van der Waals surface area contributed by atoms with E-state index in [9.17, 15) is 0 Å². The van der Waals surface area contributed by atoms with Gasteiger partial charge in [-0.05, 0) is 6.42 Å². The van der Waals surface area contributed by atoms with Crippen molar-refractivity contribution in [2.75, 3.05) is 6.61 Å². The molecule has 0 aromatic heterocycles. The predicted molar refractivity (Wildman–Crippen MR) is 48.4 cm³/mol. The summed E-state index contributed by atoms with van der Waals surface area (Å²) in [6, 6.07) is 0. The quantitative estimate of drug-likeness (QED) is 0.537. The van der Waals surface area contributed by atoms with Gasteiger partial charge in [0.1, 0.15) is 0 Å². The van der Waals surface area contributed by atoms with Crippen LogP contribution in [0.2, 0.25) is 0 Å². The average molecular weight is 220 g/mol. The van der Waals surface area contributed by atoms with Crippen molar-refractivity contribution in [3.8, 4) is 0 Å². The number of aliphatic hydroxyl groups excluding tert-OH is 1. The van der Waals surface area contributed by atoms with Gasteiger partial charge in [-0.1, -0.05) is 39.0 Å². The van der Waals surface area contributed by atoms with Crippen LogP contribution < -0.4 is 0 Å². The van der Waals surface area contributed by atoms with E-state index in [0.29, 0.717) is 6.61 Å². The Morgan fingerprint density at radius 1 is 1.00 bits per heavy atom. The second kappa shape index (κ2) is 13.1. The number of hydrogen-bond acceptors (Lipinski definition) is 1. The summed E-state index contributed by atoms with van der Waals surface area (Å²) in [5, 5.41) is 8.42. The summed E-state index contributed by atoms with van der Waals surface area (Å²) in [6.07, 6.45) is 7.50. The van der Waals surface area contributed by atoms with Crippen LogP contribution in [0.15, 0.2) is 0 Å². The van der Waals surface area contributed by atoms with Crippen molar-refractivity contribution in [3.05, 3.63) is 0 Å². The van der Waals surface area contributed by atoms with Gasteiger partial charge in [0.15, 0.2) is 0 Å². The van der Waals surface area contributed by atoms with Gasteiger partial charge < -0.3 is 7.96 Å². The van der Waals surface area contributed by atoms with E-state index in [4.69, 9.17) is 5.11 Å². The van der Waals surface area contributed by atoms with E-state index in [-0.39, 0.29) is 48.3 Å². The van der Waals surface area contributed by atoms with E-state index in [1.54, 1.807) is 0 Å². The number of unbranched alkanes of at least 4 members (excludes halogenated alkanes) is 5. The fraction of sp³-hybridized carbons (Fsp3) is 1.00. The summed E-state index contributed by atoms with van der Waals surface area (Å²) in [5.74, 6) is 0. The molecule has 0 saturated heterocycles. The zero-order valence-corrected chi connectivity index (χ0v) is 10.6. The van der Waals surface area contributed by atoms with Crippen LogP contribution in [0.3, 0.4) is 0 Å². The Labute approximate surface area is 104 Å². The molecule has 0 atom stereocenters. The van der Waals surface area contributed by atoms with Crippen LogP contribution in [0.4, 0.5) is 0 Å². The van der Waals surface area contributed by atoms with Crippen molar-refractivity contribution in [1.29, 1.82) is 0 Å². The fourth-order valence-corrected chi connectivity index (χ4v) is 0.892. The summed E-state index contributed by atoms with van der Waals surface area (Å²) >= 11 is 0. The molecule has 0 aliphatic heterocycles. The van der Waals surface area contributed by atoms with Crippen LogP contribution in [0, 0.1) is 0 Å². The third-order valence-electron chi connectivity index (χ3n) is 1.51. The van der Waals surface area contributed by atoms with Crippen molar-refractivity contribution in [3.63, 3.8) is 0 Å². The second-order valence-electron chi connectivity index (χ2n) is 2.49. The normalized spacial score (nSPS) is 9.00. The number of rotatable bonds is 6. The summed E-state index contributed by atoms with van der Waals surface area (Å²) in [5.41, 5.74) is 0. The SMILES string of the molecule is CCCCCCCCO.[H-].[H-].[Sr+2]. The third-order valence-corrected chi connectivity index (χ3v) is 1.51. The topological polar surface area (TPSA) is 20.2 Å². The van der Waals surface area contributed by atoms with Gasteiger partial charge >= 0.3 is 45.5 Å². The molecule has 0 aromatic carbocycles.